The molecule has 0 aromatic carbocycles. The van der Waals surface area contributed by atoms with Gasteiger partial charge in [0.1, 0.15) is 5.82 Å². The first kappa shape index (κ1) is 13.4. The highest BCUT2D eigenvalue weighted by Gasteiger charge is 2.19. The van der Waals surface area contributed by atoms with Crippen molar-refractivity contribution >= 4 is 28.0 Å². The van der Waals surface area contributed by atoms with E-state index in [1.807, 2.05) is 13.8 Å². The molecule has 4 nitrogen and oxygen atoms in total. The Morgan fingerprint density at radius 2 is 1.89 bits per heavy atom. The summed E-state index contributed by atoms with van der Waals surface area (Å²) in [6.07, 6.45) is 0. The molecule has 0 unspecified atom stereocenters. The average Bonchev–Trinajstić information content (AvgIpc) is 2.81. The fraction of sp³-hybridized carbons (Fsp3) is 0.583. The first-order chi connectivity index (χ1) is 8.36. The summed E-state index contributed by atoms with van der Waals surface area (Å²) in [6, 6.07) is 0. The molecule has 0 radical (unpaired) electrons. The third-order valence-corrected chi connectivity index (χ3v) is 4.24. The molecular weight excluding hydrogens is 264 g/mol. The summed E-state index contributed by atoms with van der Waals surface area (Å²) in [7, 11) is 0. The average molecular weight is 282 g/mol. The molecule has 2 rings (SSSR count). The molecule has 0 fully saturated rings. The maximum absolute atomic E-state index is 4.51. The van der Waals surface area contributed by atoms with E-state index < -0.39 is 0 Å². The second-order valence-electron chi connectivity index (χ2n) is 5.27. The highest BCUT2D eigenvalue weighted by atomic mass is 32.1. The molecule has 2 heterocycles. The zero-order valence-corrected chi connectivity index (χ0v) is 13.0. The molecule has 98 valence electrons. The van der Waals surface area contributed by atoms with Crippen LogP contribution in [-0.2, 0) is 12.0 Å². The summed E-state index contributed by atoms with van der Waals surface area (Å²) >= 11 is 3.15. The van der Waals surface area contributed by atoms with Gasteiger partial charge in [0.05, 0.1) is 17.2 Å². The van der Waals surface area contributed by atoms with Gasteiger partial charge >= 0.3 is 0 Å². The molecule has 18 heavy (non-hydrogen) atoms. The first-order valence-corrected chi connectivity index (χ1v) is 7.46. The number of hydrogen-bond donors (Lipinski definition) is 1. The Bertz CT molecular complexity index is 537. The third-order valence-electron chi connectivity index (χ3n) is 2.50. The van der Waals surface area contributed by atoms with Crippen LogP contribution in [0.5, 0.6) is 0 Å². The number of aryl methyl sites for hydroxylation is 2. The molecule has 0 aliphatic heterocycles. The van der Waals surface area contributed by atoms with Crippen LogP contribution in [0, 0.1) is 13.8 Å². The number of nitrogens with one attached hydrogen (secondary N) is 1. The Morgan fingerprint density at radius 3 is 2.39 bits per heavy atom. The first-order valence-electron chi connectivity index (χ1n) is 5.87. The van der Waals surface area contributed by atoms with Gasteiger partial charge in [0, 0.05) is 21.8 Å². The minimum atomic E-state index is 0.00736. The lowest BCUT2D eigenvalue weighted by atomic mass is 9.96. The summed E-state index contributed by atoms with van der Waals surface area (Å²) in [4.78, 5) is 10.2. The number of rotatable bonds is 3. The monoisotopic (exact) mass is 282 g/mol. The maximum Gasteiger partial charge on any atom is 0.202 e. The van der Waals surface area contributed by atoms with E-state index >= 15 is 0 Å². The molecule has 0 aliphatic carbocycles. The van der Waals surface area contributed by atoms with Crippen LogP contribution in [-0.4, -0.2) is 14.3 Å². The summed E-state index contributed by atoms with van der Waals surface area (Å²) in [5.41, 5.74) is 1.11. The van der Waals surface area contributed by atoms with E-state index in [1.54, 1.807) is 11.3 Å². The second kappa shape index (κ2) is 4.93. The molecule has 0 aliphatic rings. The van der Waals surface area contributed by atoms with E-state index in [0.717, 1.165) is 28.2 Å². The Labute approximate surface area is 116 Å². The zero-order valence-electron chi connectivity index (χ0n) is 11.4. The van der Waals surface area contributed by atoms with E-state index in [1.165, 1.54) is 16.4 Å². The van der Waals surface area contributed by atoms with Gasteiger partial charge in [-0.2, -0.15) is 4.37 Å². The maximum atomic E-state index is 4.51. The minimum absolute atomic E-state index is 0.00736. The van der Waals surface area contributed by atoms with E-state index in [2.05, 4.69) is 40.4 Å². The topological polar surface area (TPSA) is 50.7 Å². The summed E-state index contributed by atoms with van der Waals surface area (Å²) in [5.74, 6) is 0.896. The van der Waals surface area contributed by atoms with Gasteiger partial charge in [-0.15, -0.1) is 11.3 Å². The fourth-order valence-electron chi connectivity index (χ4n) is 1.49. The van der Waals surface area contributed by atoms with E-state index in [-0.39, 0.29) is 5.41 Å². The lowest BCUT2D eigenvalue weighted by molar-refractivity contribution is 0.555. The van der Waals surface area contributed by atoms with Gasteiger partial charge in [-0.05, 0) is 13.8 Å². The lowest BCUT2D eigenvalue weighted by Crippen LogP contribution is -2.13. The van der Waals surface area contributed by atoms with Gasteiger partial charge < -0.3 is 5.32 Å². The smallest absolute Gasteiger partial charge is 0.202 e. The molecule has 2 aromatic rings. The van der Waals surface area contributed by atoms with Crippen molar-refractivity contribution in [3.63, 3.8) is 0 Å². The molecular formula is C12H18N4S2. The highest BCUT2D eigenvalue weighted by Crippen LogP contribution is 2.24. The third kappa shape index (κ3) is 3.05. The van der Waals surface area contributed by atoms with Crippen molar-refractivity contribution in [3.8, 4) is 0 Å². The van der Waals surface area contributed by atoms with Crippen molar-refractivity contribution in [2.24, 2.45) is 0 Å². The Hall–Kier alpha value is -1.01. The van der Waals surface area contributed by atoms with Crippen LogP contribution in [0.15, 0.2) is 0 Å². The molecule has 2 aromatic heterocycles. The summed E-state index contributed by atoms with van der Waals surface area (Å²) < 4.78 is 4.38. The SMILES string of the molecule is Cc1nc(C)c(CNc2nc(C(C)(C)C)ns2)s1. The van der Waals surface area contributed by atoms with Crippen molar-refractivity contribution in [1.29, 1.82) is 0 Å². The Balaban J connectivity index is 2.03. The van der Waals surface area contributed by atoms with Crippen LogP contribution < -0.4 is 5.32 Å². The number of anilines is 1. The molecule has 0 spiro atoms. The van der Waals surface area contributed by atoms with Gasteiger partial charge in [-0.1, -0.05) is 20.8 Å². The van der Waals surface area contributed by atoms with Crippen molar-refractivity contribution < 1.29 is 0 Å². The predicted octanol–water partition coefficient (Wildman–Crippen LogP) is 3.52. The van der Waals surface area contributed by atoms with Gasteiger partial charge in [0.15, 0.2) is 0 Å². The van der Waals surface area contributed by atoms with Gasteiger partial charge in [-0.25, -0.2) is 9.97 Å². The number of nitrogens with zero attached hydrogens (tertiary/aromatic N) is 3. The molecule has 0 amide bonds. The fourth-order valence-corrected chi connectivity index (χ4v) is 3.12. The van der Waals surface area contributed by atoms with Gasteiger partial charge in [-0.3, -0.25) is 0 Å². The predicted molar refractivity (Wildman–Crippen MR) is 77.5 cm³/mol. The standard InChI is InChI=1S/C12H18N4S2/c1-7-9(17-8(2)14-7)6-13-11-15-10(16-18-11)12(3,4)5/h6H2,1-5H3,(H,13,15,16). The minimum Gasteiger partial charge on any atom is -0.355 e. The van der Waals surface area contributed by atoms with Crippen LogP contribution in [0.2, 0.25) is 0 Å². The van der Waals surface area contributed by atoms with E-state index in [9.17, 15) is 0 Å². The molecule has 1 N–H and O–H groups in total. The van der Waals surface area contributed by atoms with Crippen LogP contribution in [0.1, 0.15) is 42.2 Å². The van der Waals surface area contributed by atoms with Crippen LogP contribution in [0.3, 0.4) is 0 Å². The zero-order chi connectivity index (χ0) is 13.3. The lowest BCUT2D eigenvalue weighted by Gasteiger charge is -2.12. The molecule has 0 saturated carbocycles. The van der Waals surface area contributed by atoms with Gasteiger partial charge in [0.2, 0.25) is 5.13 Å². The van der Waals surface area contributed by atoms with Gasteiger partial charge in [0.25, 0.3) is 0 Å². The highest BCUT2D eigenvalue weighted by molar-refractivity contribution is 7.11. The van der Waals surface area contributed by atoms with E-state index in [0.29, 0.717) is 0 Å². The Morgan fingerprint density at radius 1 is 1.17 bits per heavy atom. The van der Waals surface area contributed by atoms with E-state index in [4.69, 9.17) is 0 Å². The summed E-state index contributed by atoms with van der Waals surface area (Å²) in [5, 5.41) is 5.31. The van der Waals surface area contributed by atoms with Crippen molar-refractivity contribution in [3.05, 3.63) is 21.4 Å². The molecule has 0 bridgehead atoms. The largest absolute Gasteiger partial charge is 0.355 e. The number of aromatic nitrogens is 3. The number of thiazole rings is 1. The molecule has 0 atom stereocenters. The second-order valence-corrected chi connectivity index (χ2v) is 7.31. The Kier molecular flexibility index (Phi) is 3.68. The quantitative estimate of drug-likeness (QED) is 0.935. The number of hydrogen-bond acceptors (Lipinski definition) is 6. The van der Waals surface area contributed by atoms with Crippen LogP contribution in [0.4, 0.5) is 5.13 Å². The van der Waals surface area contributed by atoms with Crippen molar-refractivity contribution in [2.45, 2.75) is 46.6 Å². The molecule has 0 saturated heterocycles. The van der Waals surface area contributed by atoms with Crippen LogP contribution in [0.25, 0.3) is 0 Å². The van der Waals surface area contributed by atoms with Crippen LogP contribution >= 0.6 is 22.9 Å². The normalized spacial score (nSPS) is 11.8. The van der Waals surface area contributed by atoms with Crippen molar-refractivity contribution in [2.75, 3.05) is 5.32 Å². The summed E-state index contributed by atoms with van der Waals surface area (Å²) in [6.45, 7) is 11.2. The molecule has 6 heteroatoms. The van der Waals surface area contributed by atoms with Crippen molar-refractivity contribution in [1.82, 2.24) is 14.3 Å².